The van der Waals surface area contributed by atoms with Crippen LogP contribution in [0.2, 0.25) is 0 Å². The summed E-state index contributed by atoms with van der Waals surface area (Å²) in [5.41, 5.74) is -0.642. The van der Waals surface area contributed by atoms with Gasteiger partial charge in [-0.3, -0.25) is 14.4 Å². The zero-order chi connectivity index (χ0) is 27.0. The van der Waals surface area contributed by atoms with Gasteiger partial charge in [0.1, 0.15) is 5.75 Å². The number of nitrogens with one attached hydrogen (secondary N) is 2. The standard InChI is InChI=1S/C29H39FN2O6/c1-29(28(35)36)10-8-19(9-11-29)38-23-13-20(22(37-2)14-21(23)30)26(33)32-25-18-7-6-17(12-18)24(25)27(34)31-15-16-4-3-5-16/h13-14,16-19,24-25H,3-12,15H2,1-2H3,(H,31,34)(H,32,33)(H,35,36)/t17-,18+,19?,24+,25-,29?/m1/s1. The molecule has 0 unspecified atom stereocenters. The molecule has 0 aromatic heterocycles. The van der Waals surface area contributed by atoms with Crippen molar-refractivity contribution in [2.45, 2.75) is 83.3 Å². The molecule has 208 valence electrons. The molecule has 2 amide bonds. The third-order valence-corrected chi connectivity index (χ3v) is 9.65. The molecule has 5 rings (SSSR count). The molecular weight excluding hydrogens is 491 g/mol. The molecule has 4 atom stereocenters. The molecule has 4 fully saturated rings. The molecule has 0 saturated heterocycles. The molecule has 4 saturated carbocycles. The first-order valence-electron chi connectivity index (χ1n) is 14.0. The number of benzene rings is 1. The number of fused-ring (bicyclic) bond motifs is 2. The predicted molar refractivity (Wildman–Crippen MR) is 138 cm³/mol. The first-order chi connectivity index (χ1) is 18.2. The highest BCUT2D eigenvalue weighted by Gasteiger charge is 2.51. The molecule has 1 aromatic rings. The van der Waals surface area contributed by atoms with Crippen LogP contribution in [0.3, 0.4) is 0 Å². The Balaban J connectivity index is 1.28. The summed E-state index contributed by atoms with van der Waals surface area (Å²) in [4.78, 5) is 38.2. The first kappa shape index (κ1) is 26.8. The van der Waals surface area contributed by atoms with Crippen LogP contribution < -0.4 is 20.1 Å². The number of hydrogen-bond acceptors (Lipinski definition) is 5. The fourth-order valence-corrected chi connectivity index (χ4v) is 6.88. The Morgan fingerprint density at radius 2 is 1.76 bits per heavy atom. The van der Waals surface area contributed by atoms with Crippen molar-refractivity contribution in [2.75, 3.05) is 13.7 Å². The third-order valence-electron chi connectivity index (χ3n) is 9.65. The molecule has 4 aliphatic carbocycles. The number of halogens is 1. The van der Waals surface area contributed by atoms with Gasteiger partial charge in [0.2, 0.25) is 5.91 Å². The lowest BCUT2D eigenvalue weighted by Crippen LogP contribution is -2.50. The normalized spacial score (nSPS) is 32.3. The maximum atomic E-state index is 14.9. The van der Waals surface area contributed by atoms with Crippen molar-refractivity contribution in [3.05, 3.63) is 23.5 Å². The van der Waals surface area contributed by atoms with E-state index in [0.717, 1.165) is 38.2 Å². The number of amides is 2. The molecule has 1 aromatic carbocycles. The second kappa shape index (κ2) is 10.7. The number of carbonyl (C=O) groups excluding carboxylic acids is 2. The van der Waals surface area contributed by atoms with Gasteiger partial charge in [-0.25, -0.2) is 4.39 Å². The lowest BCUT2D eigenvalue weighted by atomic mass is 9.75. The van der Waals surface area contributed by atoms with Gasteiger partial charge in [0.15, 0.2) is 11.6 Å². The van der Waals surface area contributed by atoms with E-state index in [2.05, 4.69) is 10.6 Å². The molecule has 8 nitrogen and oxygen atoms in total. The Hall–Kier alpha value is -2.84. The van der Waals surface area contributed by atoms with Crippen LogP contribution in [0.25, 0.3) is 0 Å². The largest absolute Gasteiger partial charge is 0.496 e. The number of carbonyl (C=O) groups is 3. The van der Waals surface area contributed by atoms with Crippen molar-refractivity contribution in [1.82, 2.24) is 10.6 Å². The van der Waals surface area contributed by atoms with Crippen LogP contribution in [0, 0.1) is 34.9 Å². The van der Waals surface area contributed by atoms with Crippen molar-refractivity contribution in [3.63, 3.8) is 0 Å². The zero-order valence-corrected chi connectivity index (χ0v) is 22.3. The predicted octanol–water partition coefficient (Wildman–Crippen LogP) is 4.31. The van der Waals surface area contributed by atoms with Crippen LogP contribution in [0.5, 0.6) is 11.5 Å². The third kappa shape index (κ3) is 5.21. The van der Waals surface area contributed by atoms with Crippen LogP contribution in [-0.4, -0.2) is 48.7 Å². The monoisotopic (exact) mass is 530 g/mol. The van der Waals surface area contributed by atoms with Gasteiger partial charge >= 0.3 is 5.97 Å². The fourth-order valence-electron chi connectivity index (χ4n) is 6.88. The molecule has 2 bridgehead atoms. The van der Waals surface area contributed by atoms with Gasteiger partial charge in [-0.05, 0) is 88.5 Å². The Morgan fingerprint density at radius 1 is 1.05 bits per heavy atom. The topological polar surface area (TPSA) is 114 Å². The van der Waals surface area contributed by atoms with Gasteiger partial charge in [0, 0.05) is 18.7 Å². The second-order valence-corrected chi connectivity index (χ2v) is 12.1. The van der Waals surface area contributed by atoms with Crippen molar-refractivity contribution in [1.29, 1.82) is 0 Å². The minimum atomic E-state index is -0.832. The lowest BCUT2D eigenvalue weighted by Gasteiger charge is -2.34. The number of aliphatic carboxylic acids is 1. The molecule has 0 heterocycles. The SMILES string of the molecule is COc1cc(F)c(OC2CCC(C)(C(=O)O)CC2)cc1C(=O)N[C@@H]1[C@H]2CC[C@H](C2)[C@@H]1C(=O)NCC1CCC1. The van der Waals surface area contributed by atoms with Crippen LogP contribution in [0.4, 0.5) is 4.39 Å². The van der Waals surface area contributed by atoms with Crippen molar-refractivity contribution < 1.29 is 33.4 Å². The maximum absolute atomic E-state index is 14.9. The number of carboxylic acid groups (broad SMARTS) is 1. The average molecular weight is 531 g/mol. The number of hydrogen-bond donors (Lipinski definition) is 3. The van der Waals surface area contributed by atoms with Gasteiger partial charge in [0.25, 0.3) is 5.91 Å². The van der Waals surface area contributed by atoms with Gasteiger partial charge in [-0.1, -0.05) is 6.42 Å². The highest BCUT2D eigenvalue weighted by Crippen LogP contribution is 2.49. The van der Waals surface area contributed by atoms with E-state index in [1.807, 2.05) is 0 Å². The minimum Gasteiger partial charge on any atom is -0.496 e. The lowest BCUT2D eigenvalue weighted by molar-refractivity contribution is -0.150. The Morgan fingerprint density at radius 3 is 2.39 bits per heavy atom. The smallest absolute Gasteiger partial charge is 0.309 e. The number of rotatable bonds is 9. The summed E-state index contributed by atoms with van der Waals surface area (Å²) in [5, 5.41) is 15.7. The summed E-state index contributed by atoms with van der Waals surface area (Å²) >= 11 is 0. The minimum absolute atomic E-state index is 0.0233. The summed E-state index contributed by atoms with van der Waals surface area (Å²) in [6.07, 6.45) is 7.95. The first-order valence-corrected chi connectivity index (χ1v) is 14.0. The van der Waals surface area contributed by atoms with Gasteiger partial charge < -0.3 is 25.2 Å². The summed E-state index contributed by atoms with van der Waals surface area (Å²) < 4.78 is 26.2. The molecule has 9 heteroatoms. The van der Waals surface area contributed by atoms with Crippen LogP contribution in [0.15, 0.2) is 12.1 Å². The highest BCUT2D eigenvalue weighted by atomic mass is 19.1. The van der Waals surface area contributed by atoms with Crippen LogP contribution in [-0.2, 0) is 9.59 Å². The Kier molecular flexibility index (Phi) is 7.56. The summed E-state index contributed by atoms with van der Waals surface area (Å²) in [6.45, 7) is 2.42. The van der Waals surface area contributed by atoms with E-state index >= 15 is 0 Å². The quantitative estimate of drug-likeness (QED) is 0.439. The van der Waals surface area contributed by atoms with Gasteiger partial charge in [-0.15, -0.1) is 0 Å². The number of carboxylic acids is 1. The second-order valence-electron chi connectivity index (χ2n) is 12.1. The van der Waals surface area contributed by atoms with Crippen LogP contribution in [0.1, 0.15) is 81.5 Å². The molecule has 4 aliphatic rings. The van der Waals surface area contributed by atoms with Gasteiger partial charge in [0.05, 0.1) is 30.1 Å². The van der Waals surface area contributed by atoms with Gasteiger partial charge in [-0.2, -0.15) is 0 Å². The average Bonchev–Trinajstić information content (AvgIpc) is 3.47. The Labute approximate surface area is 223 Å². The van der Waals surface area contributed by atoms with Crippen LogP contribution >= 0.6 is 0 Å². The van der Waals surface area contributed by atoms with Crippen molar-refractivity contribution >= 4 is 17.8 Å². The van der Waals surface area contributed by atoms with E-state index < -0.39 is 23.1 Å². The van der Waals surface area contributed by atoms with Crippen molar-refractivity contribution in [3.8, 4) is 11.5 Å². The van der Waals surface area contributed by atoms with E-state index in [9.17, 15) is 23.9 Å². The van der Waals surface area contributed by atoms with E-state index in [-0.39, 0.29) is 52.9 Å². The highest BCUT2D eigenvalue weighted by molar-refractivity contribution is 5.98. The molecule has 0 aliphatic heterocycles. The van der Waals surface area contributed by atoms with E-state index in [1.165, 1.54) is 19.6 Å². The maximum Gasteiger partial charge on any atom is 0.309 e. The molecule has 0 spiro atoms. The molecule has 3 N–H and O–H groups in total. The van der Waals surface area contributed by atoms with E-state index in [1.54, 1.807) is 6.92 Å². The summed E-state index contributed by atoms with van der Waals surface area (Å²) in [7, 11) is 1.38. The Bertz CT molecular complexity index is 1080. The number of ether oxygens (including phenoxy) is 2. The fraction of sp³-hybridized carbons (Fsp3) is 0.690. The zero-order valence-electron chi connectivity index (χ0n) is 22.3. The number of methoxy groups -OCH3 is 1. The summed E-state index contributed by atoms with van der Waals surface area (Å²) in [5.74, 6) is -0.996. The van der Waals surface area contributed by atoms with Crippen molar-refractivity contribution in [2.24, 2.45) is 29.1 Å². The molecular formula is C29H39FN2O6. The van der Waals surface area contributed by atoms with E-state index in [0.29, 0.717) is 38.1 Å². The van der Waals surface area contributed by atoms with E-state index in [4.69, 9.17) is 9.47 Å². The summed E-state index contributed by atoms with van der Waals surface area (Å²) in [6, 6.07) is 2.25. The molecule has 0 radical (unpaired) electrons. The molecule has 38 heavy (non-hydrogen) atoms.